The highest BCUT2D eigenvalue weighted by Crippen LogP contribution is 2.12. The molecule has 2 aromatic carbocycles. The molecule has 4 nitrogen and oxygen atoms in total. The normalized spacial score (nSPS) is 11.2. The number of ether oxygens (including phenoxy) is 1. The molecule has 0 aromatic heterocycles. The van der Waals surface area contributed by atoms with Crippen molar-refractivity contribution in [1.29, 1.82) is 0 Å². The van der Waals surface area contributed by atoms with Gasteiger partial charge in [0.25, 0.3) is 0 Å². The third kappa shape index (κ3) is 4.68. The molecule has 0 heterocycles. The molecule has 23 heavy (non-hydrogen) atoms. The van der Waals surface area contributed by atoms with E-state index < -0.39 is 0 Å². The van der Waals surface area contributed by atoms with E-state index in [2.05, 4.69) is 23.5 Å². The van der Waals surface area contributed by atoms with E-state index in [0.717, 1.165) is 28.2 Å². The highest BCUT2D eigenvalue weighted by molar-refractivity contribution is 6.00. The lowest BCUT2D eigenvalue weighted by molar-refractivity contribution is -0.120. The number of benzene rings is 2. The summed E-state index contributed by atoms with van der Waals surface area (Å²) in [6.45, 7) is 5.99. The predicted octanol–water partition coefficient (Wildman–Crippen LogP) is 3.39. The van der Waals surface area contributed by atoms with Gasteiger partial charge in [-0.3, -0.25) is 4.79 Å². The summed E-state index contributed by atoms with van der Waals surface area (Å²) in [5.74, 6) is 0.636. The zero-order chi connectivity index (χ0) is 16.8. The van der Waals surface area contributed by atoms with Gasteiger partial charge < -0.3 is 4.74 Å². The van der Waals surface area contributed by atoms with E-state index in [1.165, 1.54) is 5.56 Å². The second-order valence-corrected chi connectivity index (χ2v) is 5.58. The van der Waals surface area contributed by atoms with Crippen LogP contribution in [0.4, 0.5) is 0 Å². The molecule has 0 saturated heterocycles. The van der Waals surface area contributed by atoms with Crippen LogP contribution in [0.15, 0.2) is 47.6 Å². The molecule has 0 aliphatic carbocycles. The number of hydrogen-bond donors (Lipinski definition) is 1. The van der Waals surface area contributed by atoms with Crippen molar-refractivity contribution in [2.24, 2.45) is 5.10 Å². The predicted molar refractivity (Wildman–Crippen MR) is 93.0 cm³/mol. The number of carbonyl (C=O) groups excluding carboxylic acids is 1. The van der Waals surface area contributed by atoms with Crippen LogP contribution in [0.5, 0.6) is 5.75 Å². The number of nitrogens with zero attached hydrogens (tertiary/aromatic N) is 1. The number of methoxy groups -OCH3 is 1. The van der Waals surface area contributed by atoms with Gasteiger partial charge in [-0.2, -0.15) is 5.10 Å². The summed E-state index contributed by atoms with van der Waals surface area (Å²) in [5.41, 5.74) is 7.74. The van der Waals surface area contributed by atoms with Crippen LogP contribution in [0, 0.1) is 13.8 Å². The monoisotopic (exact) mass is 310 g/mol. The molecule has 1 N–H and O–H groups in total. The van der Waals surface area contributed by atoms with Crippen molar-refractivity contribution in [3.8, 4) is 5.75 Å². The minimum Gasteiger partial charge on any atom is -0.497 e. The van der Waals surface area contributed by atoms with Gasteiger partial charge in [0.05, 0.1) is 19.2 Å². The van der Waals surface area contributed by atoms with Crippen LogP contribution in [0.25, 0.3) is 0 Å². The van der Waals surface area contributed by atoms with Crippen molar-refractivity contribution in [3.63, 3.8) is 0 Å². The van der Waals surface area contributed by atoms with Gasteiger partial charge in [-0.1, -0.05) is 35.9 Å². The lowest BCUT2D eigenvalue weighted by Crippen LogP contribution is -2.21. The maximum Gasteiger partial charge on any atom is 0.244 e. The number of nitrogens with one attached hydrogen (secondary N) is 1. The molecule has 1 amide bonds. The average Bonchev–Trinajstić information content (AvgIpc) is 2.53. The first-order valence-corrected chi connectivity index (χ1v) is 7.53. The fourth-order valence-corrected chi connectivity index (χ4v) is 2.39. The fraction of sp³-hybridized carbons (Fsp3) is 0.263. The molecule has 0 unspecified atom stereocenters. The number of aryl methyl sites for hydroxylation is 2. The van der Waals surface area contributed by atoms with Gasteiger partial charge in [0.15, 0.2) is 0 Å². The maximum absolute atomic E-state index is 12.0. The van der Waals surface area contributed by atoms with Crippen molar-refractivity contribution >= 4 is 11.6 Å². The van der Waals surface area contributed by atoms with Gasteiger partial charge in [0.1, 0.15) is 5.75 Å². The Labute approximate surface area is 137 Å². The van der Waals surface area contributed by atoms with Crippen molar-refractivity contribution < 1.29 is 9.53 Å². The van der Waals surface area contributed by atoms with Crippen molar-refractivity contribution in [3.05, 3.63) is 64.7 Å². The molecule has 0 spiro atoms. The molecule has 120 valence electrons. The van der Waals surface area contributed by atoms with E-state index in [1.54, 1.807) is 7.11 Å². The zero-order valence-electron chi connectivity index (χ0n) is 14.0. The van der Waals surface area contributed by atoms with E-state index in [1.807, 2.05) is 50.2 Å². The molecule has 4 heteroatoms. The Morgan fingerprint density at radius 1 is 1.13 bits per heavy atom. The van der Waals surface area contributed by atoms with Gasteiger partial charge in [-0.05, 0) is 44.0 Å². The molecular weight excluding hydrogens is 288 g/mol. The van der Waals surface area contributed by atoms with Crippen LogP contribution in [0.3, 0.4) is 0 Å². The Morgan fingerprint density at radius 2 is 1.83 bits per heavy atom. The summed E-state index contributed by atoms with van der Waals surface area (Å²) in [7, 11) is 1.62. The fourth-order valence-electron chi connectivity index (χ4n) is 2.39. The molecule has 2 rings (SSSR count). The van der Waals surface area contributed by atoms with Crippen LogP contribution in [-0.2, 0) is 11.2 Å². The summed E-state index contributed by atoms with van der Waals surface area (Å²) < 4.78 is 5.10. The number of carbonyl (C=O) groups is 1. The Hall–Kier alpha value is -2.62. The summed E-state index contributed by atoms with van der Waals surface area (Å²) in [6.07, 6.45) is 0.285. The number of amides is 1. The van der Waals surface area contributed by atoms with Gasteiger partial charge >= 0.3 is 0 Å². The van der Waals surface area contributed by atoms with Crippen molar-refractivity contribution in [1.82, 2.24) is 5.43 Å². The van der Waals surface area contributed by atoms with E-state index in [9.17, 15) is 4.79 Å². The molecule has 0 saturated carbocycles. The lowest BCUT2D eigenvalue weighted by Gasteiger charge is -2.07. The molecule has 0 atom stereocenters. The average molecular weight is 310 g/mol. The second kappa shape index (κ2) is 7.58. The Bertz CT molecular complexity index is 719. The van der Waals surface area contributed by atoms with E-state index in [4.69, 9.17) is 4.74 Å². The minimum atomic E-state index is -0.140. The van der Waals surface area contributed by atoms with E-state index >= 15 is 0 Å². The van der Waals surface area contributed by atoms with Crippen LogP contribution < -0.4 is 10.2 Å². The molecular formula is C19H22N2O2. The first-order chi connectivity index (χ1) is 11.0. The largest absolute Gasteiger partial charge is 0.497 e. The van der Waals surface area contributed by atoms with E-state index in [0.29, 0.717) is 0 Å². The number of hydrogen-bond acceptors (Lipinski definition) is 3. The van der Waals surface area contributed by atoms with Crippen molar-refractivity contribution in [2.45, 2.75) is 27.2 Å². The summed E-state index contributed by atoms with van der Waals surface area (Å²) in [6, 6.07) is 13.6. The molecule has 0 radical (unpaired) electrons. The third-order valence-corrected chi connectivity index (χ3v) is 3.64. The molecule has 0 aliphatic rings. The van der Waals surface area contributed by atoms with Crippen LogP contribution in [-0.4, -0.2) is 18.7 Å². The van der Waals surface area contributed by atoms with E-state index in [-0.39, 0.29) is 12.3 Å². The highest BCUT2D eigenvalue weighted by Gasteiger charge is 2.05. The lowest BCUT2D eigenvalue weighted by atomic mass is 10.0. The van der Waals surface area contributed by atoms with Gasteiger partial charge in [0, 0.05) is 5.56 Å². The van der Waals surface area contributed by atoms with Crippen LogP contribution in [0.2, 0.25) is 0 Å². The zero-order valence-corrected chi connectivity index (χ0v) is 14.0. The second-order valence-electron chi connectivity index (χ2n) is 5.58. The highest BCUT2D eigenvalue weighted by atomic mass is 16.5. The molecule has 0 fully saturated rings. The SMILES string of the molecule is COc1ccc(CC(=O)NN=C(C)c2ccc(C)cc2C)cc1. The molecule has 2 aromatic rings. The van der Waals surface area contributed by atoms with Gasteiger partial charge in [-0.25, -0.2) is 5.43 Å². The summed E-state index contributed by atoms with van der Waals surface area (Å²) >= 11 is 0. The molecule has 0 bridgehead atoms. The Balaban J connectivity index is 1.99. The van der Waals surface area contributed by atoms with Gasteiger partial charge in [-0.15, -0.1) is 0 Å². The first kappa shape index (κ1) is 16.7. The summed E-state index contributed by atoms with van der Waals surface area (Å²) in [5, 5.41) is 4.21. The van der Waals surface area contributed by atoms with Crippen LogP contribution >= 0.6 is 0 Å². The minimum absolute atomic E-state index is 0.140. The third-order valence-electron chi connectivity index (χ3n) is 3.64. The summed E-state index contributed by atoms with van der Waals surface area (Å²) in [4.78, 5) is 12.0. The van der Waals surface area contributed by atoms with Crippen molar-refractivity contribution in [2.75, 3.05) is 7.11 Å². The van der Waals surface area contributed by atoms with Gasteiger partial charge in [0.2, 0.25) is 5.91 Å². The quantitative estimate of drug-likeness (QED) is 0.680. The smallest absolute Gasteiger partial charge is 0.244 e. The standard InChI is InChI=1S/C19H22N2O2/c1-13-5-10-18(14(2)11-13)15(3)20-21-19(22)12-16-6-8-17(23-4)9-7-16/h5-11H,12H2,1-4H3,(H,21,22). The molecule has 0 aliphatic heterocycles. The Morgan fingerprint density at radius 3 is 2.43 bits per heavy atom. The topological polar surface area (TPSA) is 50.7 Å². The Kier molecular flexibility index (Phi) is 5.52. The maximum atomic E-state index is 12.0. The number of hydrazone groups is 1. The first-order valence-electron chi connectivity index (χ1n) is 7.53. The number of rotatable bonds is 5. The van der Waals surface area contributed by atoms with Crippen LogP contribution in [0.1, 0.15) is 29.2 Å².